The predicted molar refractivity (Wildman–Crippen MR) is 151 cm³/mol. The van der Waals surface area contributed by atoms with Gasteiger partial charge < -0.3 is 26.1 Å². The van der Waals surface area contributed by atoms with Crippen LogP contribution in [0.2, 0.25) is 0 Å². The quantitative estimate of drug-likeness (QED) is 0.259. The van der Waals surface area contributed by atoms with Crippen molar-refractivity contribution in [2.75, 3.05) is 13.1 Å². The third-order valence-electron chi connectivity index (χ3n) is 7.03. The summed E-state index contributed by atoms with van der Waals surface area (Å²) in [6, 6.07) is 21.0. The molecule has 0 bridgehead atoms. The first-order chi connectivity index (χ1) is 19.4. The van der Waals surface area contributed by atoms with E-state index in [2.05, 4.69) is 21.3 Å². The highest BCUT2D eigenvalue weighted by Gasteiger charge is 2.27. The predicted octanol–water partition coefficient (Wildman–Crippen LogP) is 1.83. The molecule has 1 fully saturated rings. The van der Waals surface area contributed by atoms with Crippen LogP contribution in [0.3, 0.4) is 0 Å². The van der Waals surface area contributed by atoms with E-state index in [0.29, 0.717) is 19.3 Å². The molecule has 9 heteroatoms. The van der Waals surface area contributed by atoms with E-state index >= 15 is 0 Å². The Bertz CT molecular complexity index is 1350. The lowest BCUT2D eigenvalue weighted by Gasteiger charge is -2.24. The Labute approximate surface area is 233 Å². The average Bonchev–Trinajstić information content (AvgIpc) is 2.97. The molecule has 3 unspecified atom stereocenters. The van der Waals surface area contributed by atoms with Gasteiger partial charge >= 0.3 is 0 Å². The van der Waals surface area contributed by atoms with Crippen molar-refractivity contribution >= 4 is 40.7 Å². The van der Waals surface area contributed by atoms with E-state index in [1.165, 1.54) is 0 Å². The Kier molecular flexibility index (Phi) is 9.99. The number of carbonyl (C=O) groups excluding carboxylic acids is 5. The van der Waals surface area contributed by atoms with Crippen molar-refractivity contribution in [3.63, 3.8) is 0 Å². The van der Waals surface area contributed by atoms with Crippen LogP contribution in [0.1, 0.15) is 30.4 Å². The number of carbonyl (C=O) groups is 5. The van der Waals surface area contributed by atoms with Crippen molar-refractivity contribution in [3.05, 3.63) is 83.9 Å². The summed E-state index contributed by atoms with van der Waals surface area (Å²) in [6.07, 6.45) is 2.61. The lowest BCUT2D eigenvalue weighted by molar-refractivity contribution is -0.131. The third kappa shape index (κ3) is 7.99. The molecule has 3 aromatic rings. The van der Waals surface area contributed by atoms with Crippen LogP contribution in [0, 0.1) is 5.92 Å². The molecule has 4 amide bonds. The van der Waals surface area contributed by atoms with Crippen LogP contribution in [0.4, 0.5) is 0 Å². The summed E-state index contributed by atoms with van der Waals surface area (Å²) in [5.74, 6) is -1.85. The van der Waals surface area contributed by atoms with Gasteiger partial charge in [-0.3, -0.25) is 19.2 Å². The minimum atomic E-state index is -0.928. The summed E-state index contributed by atoms with van der Waals surface area (Å²) in [7, 11) is 0. The highest BCUT2D eigenvalue weighted by molar-refractivity contribution is 5.93. The van der Waals surface area contributed by atoms with Gasteiger partial charge in [-0.05, 0) is 41.2 Å². The molecule has 1 saturated heterocycles. The van der Waals surface area contributed by atoms with E-state index in [4.69, 9.17) is 0 Å². The van der Waals surface area contributed by atoms with E-state index < -0.39 is 23.9 Å². The number of rotatable bonds is 12. The SMILES string of the molecule is O=CC(CC1CCCNC1=O)NC(=O)CNC(=O)C(Cc1cccc2ccccc12)NC(=O)Cc1ccccc1. The number of piperidine rings is 1. The van der Waals surface area contributed by atoms with Crippen molar-refractivity contribution in [3.8, 4) is 0 Å². The largest absolute Gasteiger partial charge is 0.356 e. The van der Waals surface area contributed by atoms with E-state index in [-0.39, 0.29) is 43.5 Å². The molecule has 1 heterocycles. The van der Waals surface area contributed by atoms with Gasteiger partial charge in [0, 0.05) is 18.9 Å². The zero-order chi connectivity index (χ0) is 28.3. The highest BCUT2D eigenvalue weighted by Crippen LogP contribution is 2.20. The number of nitrogens with one attached hydrogen (secondary N) is 4. The molecular formula is C31H34N4O5. The highest BCUT2D eigenvalue weighted by atomic mass is 16.2. The minimum Gasteiger partial charge on any atom is -0.356 e. The summed E-state index contributed by atoms with van der Waals surface area (Å²) in [5, 5.41) is 12.8. The van der Waals surface area contributed by atoms with Gasteiger partial charge in [0.1, 0.15) is 12.3 Å². The smallest absolute Gasteiger partial charge is 0.243 e. The summed E-state index contributed by atoms with van der Waals surface area (Å²) in [6.45, 7) is 0.238. The van der Waals surface area contributed by atoms with Gasteiger partial charge in [-0.25, -0.2) is 0 Å². The van der Waals surface area contributed by atoms with Crippen molar-refractivity contribution < 1.29 is 24.0 Å². The lowest BCUT2D eigenvalue weighted by Crippen LogP contribution is -2.51. The molecule has 0 radical (unpaired) electrons. The molecule has 0 aliphatic carbocycles. The minimum absolute atomic E-state index is 0.108. The fraction of sp³-hybridized carbons (Fsp3) is 0.323. The molecule has 208 valence electrons. The number of fused-ring (bicyclic) bond motifs is 1. The van der Waals surface area contributed by atoms with Gasteiger partial charge in [0.25, 0.3) is 0 Å². The molecule has 0 spiro atoms. The van der Waals surface area contributed by atoms with Gasteiger partial charge in [-0.2, -0.15) is 0 Å². The fourth-order valence-electron chi connectivity index (χ4n) is 4.99. The van der Waals surface area contributed by atoms with Gasteiger partial charge in [0.15, 0.2) is 0 Å². The monoisotopic (exact) mass is 542 g/mol. The molecule has 4 N–H and O–H groups in total. The Hall–Kier alpha value is -4.53. The number of aldehydes is 1. The zero-order valence-electron chi connectivity index (χ0n) is 22.2. The van der Waals surface area contributed by atoms with Crippen LogP contribution in [0.5, 0.6) is 0 Å². The molecule has 3 atom stereocenters. The van der Waals surface area contributed by atoms with Crippen LogP contribution >= 0.6 is 0 Å². The van der Waals surface area contributed by atoms with Crippen LogP contribution < -0.4 is 21.3 Å². The van der Waals surface area contributed by atoms with Gasteiger partial charge in [0.2, 0.25) is 23.6 Å². The number of amides is 4. The lowest BCUT2D eigenvalue weighted by atomic mass is 9.92. The Morgan fingerprint density at radius 2 is 1.68 bits per heavy atom. The summed E-state index contributed by atoms with van der Waals surface area (Å²) in [4.78, 5) is 62.3. The molecule has 4 rings (SSSR count). The van der Waals surface area contributed by atoms with Crippen LogP contribution in [0.15, 0.2) is 72.8 Å². The Morgan fingerprint density at radius 3 is 2.45 bits per heavy atom. The first-order valence-corrected chi connectivity index (χ1v) is 13.5. The van der Waals surface area contributed by atoms with Gasteiger partial charge in [-0.1, -0.05) is 72.8 Å². The number of benzene rings is 3. The van der Waals surface area contributed by atoms with Crippen LogP contribution in [0.25, 0.3) is 10.8 Å². The summed E-state index contributed by atoms with van der Waals surface area (Å²) in [5.41, 5.74) is 1.70. The summed E-state index contributed by atoms with van der Waals surface area (Å²) < 4.78 is 0. The standard InChI is InChI=1S/C31H34N4O5/c36-20-25(17-24-13-7-15-32-30(24)39)34-29(38)19-33-31(40)27(35-28(37)16-21-8-2-1-3-9-21)18-23-12-6-11-22-10-4-5-14-26(22)23/h1-6,8-12,14,20,24-25,27H,7,13,15-19H2,(H,32,39)(H,33,40)(H,34,38)(H,35,37). The zero-order valence-corrected chi connectivity index (χ0v) is 22.2. The maximum atomic E-state index is 13.3. The van der Waals surface area contributed by atoms with Crippen molar-refractivity contribution in [2.45, 2.75) is 44.2 Å². The molecule has 0 aromatic heterocycles. The maximum absolute atomic E-state index is 13.3. The molecule has 9 nitrogen and oxygen atoms in total. The van der Waals surface area contributed by atoms with E-state index in [9.17, 15) is 24.0 Å². The topological polar surface area (TPSA) is 133 Å². The Balaban J connectivity index is 1.40. The van der Waals surface area contributed by atoms with Crippen molar-refractivity contribution in [1.29, 1.82) is 0 Å². The first-order valence-electron chi connectivity index (χ1n) is 13.5. The van der Waals surface area contributed by atoms with Crippen LogP contribution in [-0.4, -0.2) is 55.1 Å². The molecule has 1 aliphatic heterocycles. The van der Waals surface area contributed by atoms with Crippen molar-refractivity contribution in [2.24, 2.45) is 5.92 Å². The Morgan fingerprint density at radius 1 is 0.925 bits per heavy atom. The average molecular weight is 543 g/mol. The second kappa shape index (κ2) is 14.0. The van der Waals surface area contributed by atoms with Crippen LogP contribution in [-0.2, 0) is 36.8 Å². The van der Waals surface area contributed by atoms with Gasteiger partial charge in [-0.15, -0.1) is 0 Å². The molecule has 40 heavy (non-hydrogen) atoms. The molecular weight excluding hydrogens is 508 g/mol. The number of hydrogen-bond acceptors (Lipinski definition) is 5. The third-order valence-corrected chi connectivity index (χ3v) is 7.03. The van der Waals surface area contributed by atoms with Gasteiger partial charge in [0.05, 0.1) is 19.0 Å². The second-order valence-corrected chi connectivity index (χ2v) is 10.0. The van der Waals surface area contributed by atoms with E-state index in [1.54, 1.807) is 0 Å². The van der Waals surface area contributed by atoms with Crippen molar-refractivity contribution in [1.82, 2.24) is 21.3 Å². The maximum Gasteiger partial charge on any atom is 0.243 e. The fourth-order valence-corrected chi connectivity index (χ4v) is 4.99. The number of hydrogen-bond donors (Lipinski definition) is 4. The molecule has 1 aliphatic rings. The molecule has 0 saturated carbocycles. The summed E-state index contributed by atoms with van der Waals surface area (Å²) >= 11 is 0. The first kappa shape index (κ1) is 28.5. The normalized spacial score (nSPS) is 16.3. The second-order valence-electron chi connectivity index (χ2n) is 10.0. The van der Waals surface area contributed by atoms with E-state index in [0.717, 1.165) is 28.3 Å². The van der Waals surface area contributed by atoms with E-state index in [1.807, 2.05) is 72.8 Å². The molecule has 3 aromatic carbocycles.